The summed E-state index contributed by atoms with van der Waals surface area (Å²) < 4.78 is 2.00. The lowest BCUT2D eigenvalue weighted by atomic mass is 10.3. The van der Waals surface area contributed by atoms with Crippen LogP contribution in [0.1, 0.15) is 17.2 Å². The smallest absolute Gasteiger partial charge is 0.122 e. The number of hydrogen-bond donors (Lipinski definition) is 2. The maximum atomic E-state index is 4.23. The highest BCUT2D eigenvalue weighted by Gasteiger charge is 2.01. The molecule has 2 rings (SSSR count). The van der Waals surface area contributed by atoms with Gasteiger partial charge in [0.2, 0.25) is 0 Å². The van der Waals surface area contributed by atoms with Gasteiger partial charge in [0.05, 0.1) is 18.6 Å². The second kappa shape index (κ2) is 4.27. The second-order valence-corrected chi connectivity index (χ2v) is 3.53. The van der Waals surface area contributed by atoms with Crippen LogP contribution in [-0.4, -0.2) is 19.5 Å². The Balaban J connectivity index is 1.86. The molecule has 5 nitrogen and oxygen atoms in total. The Labute approximate surface area is 88.6 Å². The predicted molar refractivity (Wildman–Crippen MR) is 57.1 cm³/mol. The predicted octanol–water partition coefficient (Wildman–Crippen LogP) is 0.741. The van der Waals surface area contributed by atoms with Crippen LogP contribution in [0, 0.1) is 6.92 Å². The average Bonchev–Trinajstić information content (AvgIpc) is 2.78. The van der Waals surface area contributed by atoms with E-state index in [2.05, 4.69) is 20.3 Å². The summed E-state index contributed by atoms with van der Waals surface area (Å²) in [5.41, 5.74) is 2.17. The normalized spacial score (nSPS) is 10.8. The SMILES string of the molecule is Cc1[nH]cnc1CNCc1nccn1C. The number of aromatic amines is 1. The zero-order valence-corrected chi connectivity index (χ0v) is 8.99. The van der Waals surface area contributed by atoms with E-state index in [4.69, 9.17) is 0 Å². The third kappa shape index (κ3) is 2.24. The first-order chi connectivity index (χ1) is 7.27. The van der Waals surface area contributed by atoms with Crippen LogP contribution in [-0.2, 0) is 20.1 Å². The minimum atomic E-state index is 0.760. The van der Waals surface area contributed by atoms with Crippen LogP contribution in [0.3, 0.4) is 0 Å². The van der Waals surface area contributed by atoms with Crippen molar-refractivity contribution in [3.63, 3.8) is 0 Å². The maximum Gasteiger partial charge on any atom is 0.122 e. The summed E-state index contributed by atoms with van der Waals surface area (Å²) in [4.78, 5) is 11.5. The van der Waals surface area contributed by atoms with Gasteiger partial charge in [0, 0.05) is 31.7 Å². The fraction of sp³-hybridized carbons (Fsp3) is 0.400. The van der Waals surface area contributed by atoms with Crippen molar-refractivity contribution in [3.05, 3.63) is 35.9 Å². The Morgan fingerprint density at radius 3 is 2.87 bits per heavy atom. The summed E-state index contributed by atoms with van der Waals surface area (Å²) in [6.07, 6.45) is 5.46. The quantitative estimate of drug-likeness (QED) is 0.774. The number of nitrogens with one attached hydrogen (secondary N) is 2. The molecule has 0 amide bonds. The molecule has 0 aliphatic carbocycles. The minimum Gasteiger partial charge on any atom is -0.348 e. The van der Waals surface area contributed by atoms with Gasteiger partial charge >= 0.3 is 0 Å². The number of rotatable bonds is 4. The van der Waals surface area contributed by atoms with Crippen LogP contribution < -0.4 is 5.32 Å². The van der Waals surface area contributed by atoms with Crippen molar-refractivity contribution >= 4 is 0 Å². The molecular formula is C10H15N5. The van der Waals surface area contributed by atoms with E-state index in [1.165, 1.54) is 0 Å². The van der Waals surface area contributed by atoms with Gasteiger partial charge in [-0.2, -0.15) is 0 Å². The summed E-state index contributed by atoms with van der Waals surface area (Å²) >= 11 is 0. The van der Waals surface area contributed by atoms with Crippen molar-refractivity contribution in [1.82, 2.24) is 24.8 Å². The largest absolute Gasteiger partial charge is 0.348 e. The van der Waals surface area contributed by atoms with E-state index in [0.29, 0.717) is 0 Å². The molecule has 0 aliphatic heterocycles. The van der Waals surface area contributed by atoms with Gasteiger partial charge < -0.3 is 14.9 Å². The second-order valence-electron chi connectivity index (χ2n) is 3.53. The Morgan fingerprint density at radius 1 is 1.40 bits per heavy atom. The molecule has 15 heavy (non-hydrogen) atoms. The van der Waals surface area contributed by atoms with Crippen LogP contribution in [0.4, 0.5) is 0 Å². The van der Waals surface area contributed by atoms with Crippen molar-refractivity contribution in [2.75, 3.05) is 0 Å². The van der Waals surface area contributed by atoms with Gasteiger partial charge in [0.25, 0.3) is 0 Å². The van der Waals surface area contributed by atoms with Crippen LogP contribution in [0.15, 0.2) is 18.7 Å². The van der Waals surface area contributed by atoms with E-state index < -0.39 is 0 Å². The van der Waals surface area contributed by atoms with Crippen LogP contribution in [0.5, 0.6) is 0 Å². The lowest BCUT2D eigenvalue weighted by Gasteiger charge is -2.03. The van der Waals surface area contributed by atoms with Crippen LogP contribution in [0.25, 0.3) is 0 Å². The van der Waals surface area contributed by atoms with Gasteiger partial charge in [-0.15, -0.1) is 0 Å². The van der Waals surface area contributed by atoms with E-state index in [0.717, 1.165) is 30.3 Å². The Morgan fingerprint density at radius 2 is 2.27 bits per heavy atom. The van der Waals surface area contributed by atoms with Crippen molar-refractivity contribution in [3.8, 4) is 0 Å². The summed E-state index contributed by atoms with van der Waals surface area (Å²) in [6, 6.07) is 0. The number of H-pyrrole nitrogens is 1. The average molecular weight is 205 g/mol. The summed E-state index contributed by atoms with van der Waals surface area (Å²) in [6.45, 7) is 3.54. The Bertz CT molecular complexity index is 388. The number of aryl methyl sites for hydroxylation is 2. The molecule has 2 aromatic rings. The molecule has 0 saturated heterocycles. The van der Waals surface area contributed by atoms with Gasteiger partial charge in [-0.25, -0.2) is 9.97 Å². The summed E-state index contributed by atoms with van der Waals surface area (Å²) in [5.74, 6) is 1.03. The first-order valence-electron chi connectivity index (χ1n) is 4.93. The molecule has 0 spiro atoms. The highest BCUT2D eigenvalue weighted by atomic mass is 15.1. The van der Waals surface area contributed by atoms with Crippen molar-refractivity contribution < 1.29 is 0 Å². The van der Waals surface area contributed by atoms with Crippen molar-refractivity contribution in [1.29, 1.82) is 0 Å². The molecule has 2 N–H and O–H groups in total. The number of aromatic nitrogens is 4. The molecule has 0 fully saturated rings. The molecule has 5 heteroatoms. The molecule has 0 saturated carbocycles. The van der Waals surface area contributed by atoms with Gasteiger partial charge in [-0.3, -0.25) is 0 Å². The number of hydrogen-bond acceptors (Lipinski definition) is 3. The fourth-order valence-corrected chi connectivity index (χ4v) is 1.42. The zero-order valence-electron chi connectivity index (χ0n) is 8.99. The minimum absolute atomic E-state index is 0.760. The molecule has 2 heterocycles. The van der Waals surface area contributed by atoms with E-state index in [9.17, 15) is 0 Å². The molecule has 0 unspecified atom stereocenters. The molecule has 2 aromatic heterocycles. The van der Waals surface area contributed by atoms with Gasteiger partial charge in [-0.1, -0.05) is 0 Å². The number of nitrogens with zero attached hydrogens (tertiary/aromatic N) is 3. The van der Waals surface area contributed by atoms with Crippen LogP contribution in [0.2, 0.25) is 0 Å². The molecule has 80 valence electrons. The van der Waals surface area contributed by atoms with Gasteiger partial charge in [0.15, 0.2) is 0 Å². The summed E-state index contributed by atoms with van der Waals surface area (Å²) in [7, 11) is 1.99. The Kier molecular flexibility index (Phi) is 2.82. The third-order valence-electron chi connectivity index (χ3n) is 2.43. The molecule has 0 atom stereocenters. The van der Waals surface area contributed by atoms with E-state index in [1.54, 1.807) is 12.5 Å². The van der Waals surface area contributed by atoms with Gasteiger partial charge in [0.1, 0.15) is 5.82 Å². The first-order valence-corrected chi connectivity index (χ1v) is 4.93. The lowest BCUT2D eigenvalue weighted by molar-refractivity contribution is 0.630. The summed E-state index contributed by atoms with van der Waals surface area (Å²) in [5, 5.41) is 3.31. The van der Waals surface area contributed by atoms with E-state index in [1.807, 2.05) is 24.7 Å². The molecule has 0 bridgehead atoms. The van der Waals surface area contributed by atoms with Crippen molar-refractivity contribution in [2.45, 2.75) is 20.0 Å². The molecular weight excluding hydrogens is 190 g/mol. The highest BCUT2D eigenvalue weighted by molar-refractivity contribution is 5.08. The van der Waals surface area contributed by atoms with E-state index >= 15 is 0 Å². The zero-order chi connectivity index (χ0) is 10.7. The van der Waals surface area contributed by atoms with Crippen LogP contribution >= 0.6 is 0 Å². The first kappa shape index (κ1) is 9.92. The molecule has 0 aliphatic rings. The highest BCUT2D eigenvalue weighted by Crippen LogP contribution is 2.00. The molecule has 0 aromatic carbocycles. The van der Waals surface area contributed by atoms with E-state index in [-0.39, 0.29) is 0 Å². The third-order valence-corrected chi connectivity index (χ3v) is 2.43. The van der Waals surface area contributed by atoms with Gasteiger partial charge in [-0.05, 0) is 6.92 Å². The topological polar surface area (TPSA) is 58.5 Å². The monoisotopic (exact) mass is 205 g/mol. The number of imidazole rings is 2. The maximum absolute atomic E-state index is 4.23. The fourth-order valence-electron chi connectivity index (χ4n) is 1.42. The Hall–Kier alpha value is -1.62. The standard InChI is InChI=1S/C10H15N5/c1-8-9(14-7-13-8)5-11-6-10-12-3-4-15(10)2/h3-4,7,11H,5-6H2,1-2H3,(H,13,14). The molecule has 0 radical (unpaired) electrons. The van der Waals surface area contributed by atoms with Crippen molar-refractivity contribution in [2.24, 2.45) is 7.05 Å². The lowest BCUT2D eigenvalue weighted by Crippen LogP contribution is -2.16.